The summed E-state index contributed by atoms with van der Waals surface area (Å²) in [6.07, 6.45) is 9.56. The van der Waals surface area contributed by atoms with E-state index in [9.17, 15) is 4.79 Å². The van der Waals surface area contributed by atoms with E-state index in [0.717, 1.165) is 45.3 Å². The Balaban J connectivity index is 1.70. The number of rotatable bonds is 3. The van der Waals surface area contributed by atoms with Gasteiger partial charge >= 0.3 is 0 Å². The Morgan fingerprint density at radius 3 is 2.81 bits per heavy atom. The van der Waals surface area contributed by atoms with Gasteiger partial charge in [-0.3, -0.25) is 14.4 Å². The Hall–Kier alpha value is -1.36. The Kier molecular flexibility index (Phi) is 4.29. The van der Waals surface area contributed by atoms with Crippen LogP contribution in [-0.4, -0.2) is 57.7 Å². The van der Waals surface area contributed by atoms with Gasteiger partial charge < -0.3 is 4.90 Å². The zero-order chi connectivity index (χ0) is 14.8. The van der Waals surface area contributed by atoms with Crippen LogP contribution in [0.2, 0.25) is 0 Å². The van der Waals surface area contributed by atoms with Gasteiger partial charge in [-0.15, -0.1) is 0 Å². The van der Waals surface area contributed by atoms with Crippen molar-refractivity contribution in [3.63, 3.8) is 0 Å². The predicted octanol–water partition coefficient (Wildman–Crippen LogP) is 1.67. The Labute approximate surface area is 126 Å². The molecule has 2 saturated heterocycles. The largest absolute Gasteiger partial charge is 0.336 e. The molecule has 0 saturated carbocycles. The van der Waals surface area contributed by atoms with Crippen LogP contribution in [0.15, 0.2) is 12.4 Å². The number of likely N-dealkylation sites (N-methyl/N-ethyl adjacent to an activating group) is 1. The molecular formula is C16H26N4O. The summed E-state index contributed by atoms with van der Waals surface area (Å²) in [6, 6.07) is 0.407. The molecule has 1 aromatic rings. The molecule has 0 unspecified atom stereocenters. The monoisotopic (exact) mass is 290 g/mol. The number of aromatic nitrogens is 2. The molecule has 0 aliphatic carbocycles. The first-order valence-electron chi connectivity index (χ1n) is 8.15. The minimum Gasteiger partial charge on any atom is -0.336 e. The number of carbonyl (C=O) groups excluding carboxylic acids is 1. The van der Waals surface area contributed by atoms with Crippen LogP contribution in [-0.2, 0) is 11.3 Å². The third-order valence-electron chi connectivity index (χ3n) is 4.88. The van der Waals surface area contributed by atoms with E-state index in [4.69, 9.17) is 0 Å². The average molecular weight is 290 g/mol. The van der Waals surface area contributed by atoms with Gasteiger partial charge in [-0.1, -0.05) is 0 Å². The van der Waals surface area contributed by atoms with Crippen LogP contribution in [0.3, 0.4) is 0 Å². The van der Waals surface area contributed by atoms with Crippen LogP contribution < -0.4 is 0 Å². The zero-order valence-electron chi connectivity index (χ0n) is 13.2. The van der Waals surface area contributed by atoms with Gasteiger partial charge in [0, 0.05) is 12.7 Å². The molecule has 5 heteroatoms. The third kappa shape index (κ3) is 3.12. The second-order valence-corrected chi connectivity index (χ2v) is 6.56. The minimum atomic E-state index is 0.102. The maximum atomic E-state index is 12.9. The molecule has 3 heterocycles. The maximum absolute atomic E-state index is 12.9. The molecular weight excluding hydrogens is 264 g/mol. The molecule has 5 nitrogen and oxygen atoms in total. The number of carbonyl (C=O) groups is 1. The molecule has 3 rings (SSSR count). The van der Waals surface area contributed by atoms with Crippen molar-refractivity contribution >= 4 is 5.91 Å². The second kappa shape index (κ2) is 6.18. The fraction of sp³-hybridized carbons (Fsp3) is 0.750. The molecule has 2 aliphatic rings. The molecule has 0 spiro atoms. The van der Waals surface area contributed by atoms with Crippen molar-refractivity contribution in [2.75, 3.05) is 20.1 Å². The summed E-state index contributed by atoms with van der Waals surface area (Å²) < 4.78 is 1.99. The van der Waals surface area contributed by atoms with E-state index in [1.165, 1.54) is 12.0 Å². The number of likely N-dealkylation sites (tertiary alicyclic amines) is 2. The van der Waals surface area contributed by atoms with Crippen LogP contribution >= 0.6 is 0 Å². The van der Waals surface area contributed by atoms with Crippen molar-refractivity contribution in [1.29, 1.82) is 0 Å². The highest BCUT2D eigenvalue weighted by atomic mass is 16.2. The minimum absolute atomic E-state index is 0.102. The molecule has 116 valence electrons. The lowest BCUT2D eigenvalue weighted by Gasteiger charge is -2.38. The highest BCUT2D eigenvalue weighted by molar-refractivity contribution is 5.82. The first kappa shape index (κ1) is 14.6. The van der Waals surface area contributed by atoms with Crippen molar-refractivity contribution in [3.8, 4) is 0 Å². The smallest absolute Gasteiger partial charge is 0.240 e. The van der Waals surface area contributed by atoms with E-state index in [2.05, 4.69) is 35.1 Å². The zero-order valence-corrected chi connectivity index (χ0v) is 13.2. The van der Waals surface area contributed by atoms with Gasteiger partial charge in [-0.25, -0.2) is 0 Å². The van der Waals surface area contributed by atoms with E-state index in [1.807, 2.05) is 10.9 Å². The number of hydrogen-bond acceptors (Lipinski definition) is 3. The first-order valence-corrected chi connectivity index (χ1v) is 8.15. The fourth-order valence-electron chi connectivity index (χ4n) is 3.68. The molecule has 2 aliphatic heterocycles. The van der Waals surface area contributed by atoms with Gasteiger partial charge in [0.05, 0.1) is 24.8 Å². The van der Waals surface area contributed by atoms with E-state index < -0.39 is 0 Å². The molecule has 0 bridgehead atoms. The van der Waals surface area contributed by atoms with Crippen molar-refractivity contribution in [1.82, 2.24) is 19.6 Å². The number of nitrogens with zero attached hydrogens (tertiary/aromatic N) is 4. The Bertz CT molecular complexity index is 498. The standard InChI is InChI=1S/C16H26N4O/c1-13-10-17-19(11-13)12-14-6-3-4-9-20(14)16(21)15-7-5-8-18(15)2/h10-11,14-15H,3-9,12H2,1-2H3/t14-,15-/m0/s1. The summed E-state index contributed by atoms with van der Waals surface area (Å²) in [5, 5.41) is 4.38. The van der Waals surface area contributed by atoms with E-state index in [0.29, 0.717) is 11.9 Å². The van der Waals surface area contributed by atoms with Crippen LogP contribution in [0.25, 0.3) is 0 Å². The molecule has 2 atom stereocenters. The topological polar surface area (TPSA) is 41.4 Å². The van der Waals surface area contributed by atoms with Crippen LogP contribution in [0.5, 0.6) is 0 Å². The lowest BCUT2D eigenvalue weighted by molar-refractivity contribution is -0.139. The molecule has 21 heavy (non-hydrogen) atoms. The van der Waals surface area contributed by atoms with Gasteiger partial charge in [0.1, 0.15) is 0 Å². The third-order valence-corrected chi connectivity index (χ3v) is 4.88. The highest BCUT2D eigenvalue weighted by Crippen LogP contribution is 2.24. The van der Waals surface area contributed by atoms with Crippen molar-refractivity contribution in [2.24, 2.45) is 0 Å². The normalized spacial score (nSPS) is 27.2. The number of amides is 1. The molecule has 2 fully saturated rings. The SMILES string of the molecule is Cc1cnn(C[C@@H]2CCCCN2C(=O)[C@@H]2CCCN2C)c1. The Morgan fingerprint density at radius 2 is 2.14 bits per heavy atom. The summed E-state index contributed by atoms with van der Waals surface area (Å²) in [7, 11) is 2.07. The number of aryl methyl sites for hydroxylation is 1. The van der Waals surface area contributed by atoms with Gasteiger partial charge in [-0.2, -0.15) is 5.10 Å². The lowest BCUT2D eigenvalue weighted by atomic mass is 10.0. The van der Waals surface area contributed by atoms with Gasteiger partial charge in [0.2, 0.25) is 5.91 Å². The van der Waals surface area contributed by atoms with Gasteiger partial charge in [0.15, 0.2) is 0 Å². The van der Waals surface area contributed by atoms with E-state index in [-0.39, 0.29) is 6.04 Å². The Morgan fingerprint density at radius 1 is 1.29 bits per heavy atom. The molecule has 1 amide bonds. The summed E-state index contributed by atoms with van der Waals surface area (Å²) >= 11 is 0. The lowest BCUT2D eigenvalue weighted by Crippen LogP contribution is -2.52. The van der Waals surface area contributed by atoms with Crippen molar-refractivity contribution in [2.45, 2.75) is 57.7 Å². The van der Waals surface area contributed by atoms with E-state index in [1.54, 1.807) is 0 Å². The van der Waals surface area contributed by atoms with Crippen molar-refractivity contribution in [3.05, 3.63) is 18.0 Å². The highest BCUT2D eigenvalue weighted by Gasteiger charge is 2.35. The molecule has 0 N–H and O–H groups in total. The molecule has 0 aromatic carbocycles. The average Bonchev–Trinajstić information content (AvgIpc) is 3.07. The summed E-state index contributed by atoms with van der Waals surface area (Å²) in [5.74, 6) is 0.337. The summed E-state index contributed by atoms with van der Waals surface area (Å²) in [6.45, 7) is 4.85. The molecule has 0 radical (unpaired) electrons. The number of hydrogen-bond donors (Lipinski definition) is 0. The first-order chi connectivity index (χ1) is 10.1. The van der Waals surface area contributed by atoms with Crippen molar-refractivity contribution < 1.29 is 4.79 Å². The van der Waals surface area contributed by atoms with Gasteiger partial charge in [0.25, 0.3) is 0 Å². The summed E-state index contributed by atoms with van der Waals surface area (Å²) in [4.78, 5) is 17.2. The van der Waals surface area contributed by atoms with Crippen LogP contribution in [0.1, 0.15) is 37.7 Å². The van der Waals surface area contributed by atoms with Crippen LogP contribution in [0.4, 0.5) is 0 Å². The molecule has 1 aromatic heterocycles. The fourth-order valence-corrected chi connectivity index (χ4v) is 3.68. The summed E-state index contributed by atoms with van der Waals surface area (Å²) in [5.41, 5.74) is 1.18. The number of piperidine rings is 1. The maximum Gasteiger partial charge on any atom is 0.240 e. The van der Waals surface area contributed by atoms with Crippen LogP contribution in [0, 0.1) is 6.92 Å². The quantitative estimate of drug-likeness (QED) is 0.850. The predicted molar refractivity (Wildman–Crippen MR) is 82.0 cm³/mol. The second-order valence-electron chi connectivity index (χ2n) is 6.56. The van der Waals surface area contributed by atoms with Gasteiger partial charge in [-0.05, 0) is 58.2 Å². The van der Waals surface area contributed by atoms with E-state index >= 15 is 0 Å².